The summed E-state index contributed by atoms with van der Waals surface area (Å²) in [7, 11) is 3.12. The molecule has 0 radical (unpaired) electrons. The Balaban J connectivity index is 1.71. The number of guanidine groups is 1. The molecule has 0 saturated carbocycles. The second-order valence-corrected chi connectivity index (χ2v) is 7.40. The number of benzene rings is 2. The van der Waals surface area contributed by atoms with E-state index in [4.69, 9.17) is 11.6 Å². The zero-order valence-electron chi connectivity index (χ0n) is 16.2. The molecule has 148 valence electrons. The number of carbonyl (C=O) groups is 2. The quantitative estimate of drug-likeness (QED) is 0.786. The molecule has 0 spiro atoms. The molecule has 4 rings (SSSR count). The van der Waals surface area contributed by atoms with Gasteiger partial charge in [0.2, 0.25) is 11.9 Å². The van der Waals surface area contributed by atoms with Gasteiger partial charge in [0.1, 0.15) is 0 Å². The smallest absolute Gasteiger partial charge is 0.271 e. The molecule has 8 heteroatoms. The monoisotopic (exact) mass is 410 g/mol. The molecule has 2 aromatic carbocycles. The number of likely N-dealkylation sites (N-methyl/N-ethyl adjacent to an activating group) is 2. The van der Waals surface area contributed by atoms with E-state index in [1.807, 2.05) is 59.2 Å². The van der Waals surface area contributed by atoms with Crippen LogP contribution in [0.2, 0.25) is 5.02 Å². The van der Waals surface area contributed by atoms with Gasteiger partial charge in [0.05, 0.1) is 13.1 Å². The normalized spacial score (nSPS) is 18.9. The minimum Gasteiger partial charge on any atom is -0.271 e. The Labute approximate surface area is 173 Å². The first-order valence-corrected chi connectivity index (χ1v) is 9.64. The minimum atomic E-state index is -0.683. The summed E-state index contributed by atoms with van der Waals surface area (Å²) >= 11 is 6.36. The van der Waals surface area contributed by atoms with E-state index in [9.17, 15) is 9.59 Å². The summed E-state index contributed by atoms with van der Waals surface area (Å²) < 4.78 is 1.86. The lowest BCUT2D eigenvalue weighted by Gasteiger charge is -2.31. The van der Waals surface area contributed by atoms with E-state index in [0.717, 1.165) is 16.0 Å². The van der Waals surface area contributed by atoms with Crippen LogP contribution in [0, 0.1) is 0 Å². The van der Waals surface area contributed by atoms with Gasteiger partial charge in [0.15, 0.2) is 0 Å². The third-order valence-electron chi connectivity index (χ3n) is 5.12. The van der Waals surface area contributed by atoms with Crippen molar-refractivity contribution >= 4 is 35.3 Å². The number of hydrogen-bond acceptors (Lipinski definition) is 4. The van der Waals surface area contributed by atoms with Crippen LogP contribution in [0.5, 0.6) is 0 Å². The molecule has 1 unspecified atom stereocenters. The Morgan fingerprint density at radius 3 is 2.45 bits per heavy atom. The van der Waals surface area contributed by atoms with Crippen molar-refractivity contribution in [2.24, 2.45) is 4.99 Å². The average molecular weight is 411 g/mol. The maximum atomic E-state index is 12.9. The fourth-order valence-corrected chi connectivity index (χ4v) is 3.69. The Hall–Kier alpha value is -3.19. The van der Waals surface area contributed by atoms with Crippen molar-refractivity contribution in [2.75, 3.05) is 14.1 Å². The molecular weight excluding hydrogens is 390 g/mol. The van der Waals surface area contributed by atoms with Gasteiger partial charge >= 0.3 is 12.0 Å². The SMILES string of the molecule is CN1C(=O)C2C(=NC(NCc3ccccc3)=[N+]2Cc2ccccc2Cl)N(C)C1=O. The number of halogens is 1. The molecular formula is C21H21ClN5O2+. The van der Waals surface area contributed by atoms with Gasteiger partial charge in [-0.2, -0.15) is 0 Å². The number of nitrogens with zero attached hydrogens (tertiary/aromatic N) is 4. The van der Waals surface area contributed by atoms with Crippen LogP contribution >= 0.6 is 11.6 Å². The second-order valence-electron chi connectivity index (χ2n) is 6.99. The summed E-state index contributed by atoms with van der Waals surface area (Å²) in [5.41, 5.74) is 1.96. The third kappa shape index (κ3) is 3.49. The Kier molecular flexibility index (Phi) is 5.07. The zero-order valence-corrected chi connectivity index (χ0v) is 16.9. The van der Waals surface area contributed by atoms with Crippen molar-refractivity contribution in [3.63, 3.8) is 0 Å². The van der Waals surface area contributed by atoms with Gasteiger partial charge < -0.3 is 0 Å². The van der Waals surface area contributed by atoms with Crippen LogP contribution in [0.25, 0.3) is 0 Å². The highest BCUT2D eigenvalue weighted by molar-refractivity contribution is 6.31. The van der Waals surface area contributed by atoms with Gasteiger partial charge in [-0.1, -0.05) is 65.1 Å². The van der Waals surface area contributed by atoms with Crippen molar-refractivity contribution in [3.05, 3.63) is 70.7 Å². The van der Waals surface area contributed by atoms with E-state index < -0.39 is 12.1 Å². The number of aliphatic imine (C=N–C) groups is 1. The molecule has 1 saturated heterocycles. The van der Waals surface area contributed by atoms with E-state index in [1.165, 1.54) is 11.9 Å². The van der Waals surface area contributed by atoms with Gasteiger partial charge in [-0.05, 0) is 11.6 Å². The highest BCUT2D eigenvalue weighted by atomic mass is 35.5. The highest BCUT2D eigenvalue weighted by Gasteiger charge is 2.51. The number of imide groups is 1. The van der Waals surface area contributed by atoms with Crippen LogP contribution in [0.1, 0.15) is 11.1 Å². The number of carbonyl (C=O) groups excluding carboxylic acids is 2. The van der Waals surface area contributed by atoms with Crippen molar-refractivity contribution in [2.45, 2.75) is 19.1 Å². The maximum Gasteiger partial charge on any atom is 0.390 e. The molecule has 2 aliphatic heterocycles. The molecule has 1 N–H and O–H groups in total. The van der Waals surface area contributed by atoms with Crippen LogP contribution in [-0.4, -0.2) is 58.2 Å². The predicted octanol–water partition coefficient (Wildman–Crippen LogP) is 2.30. The average Bonchev–Trinajstić information content (AvgIpc) is 3.10. The van der Waals surface area contributed by atoms with Crippen LogP contribution in [0.15, 0.2) is 59.6 Å². The number of fused-ring (bicyclic) bond motifs is 1. The number of hydrogen-bond donors (Lipinski definition) is 1. The molecule has 2 aromatic rings. The number of nitrogens with one attached hydrogen (secondary N) is 1. The van der Waals surface area contributed by atoms with E-state index >= 15 is 0 Å². The van der Waals surface area contributed by atoms with Crippen LogP contribution in [0.3, 0.4) is 0 Å². The summed E-state index contributed by atoms with van der Waals surface area (Å²) in [6.07, 6.45) is 0. The van der Waals surface area contributed by atoms with E-state index in [2.05, 4.69) is 10.3 Å². The van der Waals surface area contributed by atoms with Gasteiger partial charge in [0.25, 0.3) is 5.91 Å². The molecule has 1 atom stereocenters. The van der Waals surface area contributed by atoms with Crippen molar-refractivity contribution in [1.82, 2.24) is 15.1 Å². The molecule has 7 nitrogen and oxygen atoms in total. The fourth-order valence-electron chi connectivity index (χ4n) is 3.49. The molecule has 0 bridgehead atoms. The highest BCUT2D eigenvalue weighted by Crippen LogP contribution is 2.23. The number of amidine groups is 1. The molecule has 0 aliphatic carbocycles. The maximum absolute atomic E-state index is 12.9. The van der Waals surface area contributed by atoms with Gasteiger partial charge in [0, 0.05) is 24.7 Å². The van der Waals surface area contributed by atoms with Crippen LogP contribution < -0.4 is 5.32 Å². The van der Waals surface area contributed by atoms with Crippen molar-refractivity contribution in [3.8, 4) is 0 Å². The van der Waals surface area contributed by atoms with Gasteiger partial charge in [-0.15, -0.1) is 0 Å². The first-order chi connectivity index (χ1) is 14.0. The largest absolute Gasteiger partial charge is 0.390 e. The number of rotatable bonds is 4. The molecule has 29 heavy (non-hydrogen) atoms. The third-order valence-corrected chi connectivity index (χ3v) is 5.49. The summed E-state index contributed by atoms with van der Waals surface area (Å²) in [6.45, 7) is 0.927. The molecule has 2 aliphatic rings. The summed E-state index contributed by atoms with van der Waals surface area (Å²) in [6, 6.07) is 16.3. The summed E-state index contributed by atoms with van der Waals surface area (Å²) in [5.74, 6) is 0.646. The standard InChI is InChI=1S/C21H20ClN5O2/c1-25-18-17(19(28)26(2)21(25)29)27(13-15-10-6-7-11-16(15)22)20(24-18)23-12-14-8-4-3-5-9-14/h3-11,17H,12-13H2,1-2H3/p+1. The fraction of sp³-hybridized carbons (Fsp3) is 0.238. The molecule has 0 aromatic heterocycles. The Bertz CT molecular complexity index is 1030. The Morgan fingerprint density at radius 2 is 1.72 bits per heavy atom. The lowest BCUT2D eigenvalue weighted by atomic mass is 10.1. The van der Waals surface area contributed by atoms with E-state index in [1.54, 1.807) is 7.05 Å². The lowest BCUT2D eigenvalue weighted by Crippen LogP contribution is -2.61. The van der Waals surface area contributed by atoms with Crippen LogP contribution in [-0.2, 0) is 17.9 Å². The summed E-state index contributed by atoms with van der Waals surface area (Å²) in [5, 5.41) is 3.93. The molecule has 1 fully saturated rings. The summed E-state index contributed by atoms with van der Waals surface area (Å²) in [4.78, 5) is 32.5. The van der Waals surface area contributed by atoms with Gasteiger partial charge in [-0.25, -0.2) is 9.37 Å². The number of amides is 3. The molecule has 2 heterocycles. The second kappa shape index (κ2) is 7.67. The van der Waals surface area contributed by atoms with Crippen molar-refractivity contribution in [1.29, 1.82) is 0 Å². The lowest BCUT2D eigenvalue weighted by molar-refractivity contribution is -0.553. The minimum absolute atomic E-state index is 0.310. The van der Waals surface area contributed by atoms with Crippen LogP contribution in [0.4, 0.5) is 4.79 Å². The van der Waals surface area contributed by atoms with E-state index in [0.29, 0.717) is 29.9 Å². The van der Waals surface area contributed by atoms with Gasteiger partial charge in [-0.3, -0.25) is 19.9 Å². The van der Waals surface area contributed by atoms with Crippen molar-refractivity contribution < 1.29 is 14.2 Å². The number of urea groups is 1. The van der Waals surface area contributed by atoms with E-state index in [-0.39, 0.29) is 5.91 Å². The first-order valence-electron chi connectivity index (χ1n) is 9.26. The Morgan fingerprint density at radius 1 is 1.03 bits per heavy atom. The topological polar surface area (TPSA) is 68.0 Å². The first kappa shape index (κ1) is 19.1. The predicted molar refractivity (Wildman–Crippen MR) is 111 cm³/mol. The zero-order chi connectivity index (χ0) is 20.5. The molecule has 3 amide bonds.